The van der Waals surface area contributed by atoms with Crippen molar-refractivity contribution in [1.82, 2.24) is 4.90 Å². The van der Waals surface area contributed by atoms with Crippen LogP contribution in [0.3, 0.4) is 0 Å². The smallest absolute Gasteiger partial charge is 0.320 e. The quantitative estimate of drug-likeness (QED) is 0.709. The SMILES string of the molecule is CCC[C@H](C(=O)O)N(C)C.Cl. The lowest BCUT2D eigenvalue weighted by molar-refractivity contribution is -0.142. The molecule has 0 aliphatic carbocycles. The first kappa shape index (κ1) is 13.3. The summed E-state index contributed by atoms with van der Waals surface area (Å²) in [6.07, 6.45) is 1.64. The van der Waals surface area contributed by atoms with E-state index >= 15 is 0 Å². The minimum Gasteiger partial charge on any atom is -0.480 e. The van der Waals surface area contributed by atoms with E-state index in [0.717, 1.165) is 12.8 Å². The summed E-state index contributed by atoms with van der Waals surface area (Å²) in [6.45, 7) is 1.99. The van der Waals surface area contributed by atoms with Crippen molar-refractivity contribution in [1.29, 1.82) is 0 Å². The summed E-state index contributed by atoms with van der Waals surface area (Å²) in [6, 6.07) is -0.315. The largest absolute Gasteiger partial charge is 0.480 e. The maximum Gasteiger partial charge on any atom is 0.320 e. The van der Waals surface area contributed by atoms with E-state index in [1.54, 1.807) is 19.0 Å². The zero-order chi connectivity index (χ0) is 8.15. The molecule has 0 aliphatic heterocycles. The van der Waals surface area contributed by atoms with E-state index in [9.17, 15) is 4.79 Å². The molecule has 4 heteroatoms. The lowest BCUT2D eigenvalue weighted by atomic mass is 10.1. The second-order valence-corrected chi connectivity index (χ2v) is 2.61. The predicted octanol–water partition coefficient (Wildman–Crippen LogP) is 1.22. The predicted molar refractivity (Wildman–Crippen MR) is 47.3 cm³/mol. The van der Waals surface area contributed by atoms with Crippen LogP contribution in [-0.2, 0) is 4.79 Å². The Morgan fingerprint density at radius 1 is 1.55 bits per heavy atom. The number of halogens is 1. The number of carbonyl (C=O) groups is 1. The van der Waals surface area contributed by atoms with Crippen LogP contribution in [0.1, 0.15) is 19.8 Å². The van der Waals surface area contributed by atoms with Crippen LogP contribution < -0.4 is 0 Å². The molecule has 0 aromatic rings. The van der Waals surface area contributed by atoms with Crippen LogP contribution in [0.2, 0.25) is 0 Å². The number of hydrogen-bond acceptors (Lipinski definition) is 2. The van der Waals surface area contributed by atoms with Gasteiger partial charge in [0.25, 0.3) is 0 Å². The van der Waals surface area contributed by atoms with Gasteiger partial charge in [0.2, 0.25) is 0 Å². The number of carboxylic acids is 1. The van der Waals surface area contributed by atoms with Gasteiger partial charge >= 0.3 is 5.97 Å². The number of rotatable bonds is 4. The van der Waals surface area contributed by atoms with Gasteiger partial charge in [-0.05, 0) is 20.5 Å². The highest BCUT2D eigenvalue weighted by Gasteiger charge is 2.17. The summed E-state index contributed by atoms with van der Waals surface area (Å²) in [5.74, 6) is -0.730. The van der Waals surface area contributed by atoms with Gasteiger partial charge in [-0.3, -0.25) is 9.69 Å². The Kier molecular flexibility index (Phi) is 7.79. The van der Waals surface area contributed by atoms with Crippen molar-refractivity contribution in [3.8, 4) is 0 Å². The van der Waals surface area contributed by atoms with Crippen molar-refractivity contribution in [2.24, 2.45) is 0 Å². The maximum atomic E-state index is 10.5. The molecule has 0 saturated heterocycles. The number of carboxylic acid groups (broad SMARTS) is 1. The van der Waals surface area contributed by atoms with Crippen LogP contribution in [0.25, 0.3) is 0 Å². The van der Waals surface area contributed by atoms with Crippen LogP contribution in [0.5, 0.6) is 0 Å². The van der Waals surface area contributed by atoms with Crippen molar-refractivity contribution in [3.05, 3.63) is 0 Å². The molecule has 0 rings (SSSR count). The Labute approximate surface area is 73.8 Å². The molecule has 0 aromatic heterocycles. The second kappa shape index (κ2) is 6.43. The van der Waals surface area contributed by atoms with Crippen LogP contribution in [0, 0.1) is 0 Å². The zero-order valence-corrected chi connectivity index (χ0v) is 8.02. The summed E-state index contributed by atoms with van der Waals surface area (Å²) in [5.41, 5.74) is 0. The Balaban J connectivity index is 0. The van der Waals surface area contributed by atoms with E-state index < -0.39 is 5.97 Å². The third-order valence-corrected chi connectivity index (χ3v) is 1.47. The highest BCUT2D eigenvalue weighted by molar-refractivity contribution is 5.85. The van der Waals surface area contributed by atoms with E-state index in [1.165, 1.54) is 0 Å². The van der Waals surface area contributed by atoms with E-state index in [0.29, 0.717) is 0 Å². The highest BCUT2D eigenvalue weighted by atomic mass is 35.5. The summed E-state index contributed by atoms with van der Waals surface area (Å²) < 4.78 is 0. The Hall–Kier alpha value is -0.280. The molecule has 3 nitrogen and oxygen atoms in total. The fourth-order valence-corrected chi connectivity index (χ4v) is 0.876. The van der Waals surface area contributed by atoms with Gasteiger partial charge in [0.15, 0.2) is 0 Å². The fourth-order valence-electron chi connectivity index (χ4n) is 0.876. The molecule has 11 heavy (non-hydrogen) atoms. The maximum absolute atomic E-state index is 10.5. The molecule has 1 atom stereocenters. The van der Waals surface area contributed by atoms with Gasteiger partial charge < -0.3 is 5.11 Å². The minimum atomic E-state index is -0.730. The number of hydrogen-bond donors (Lipinski definition) is 1. The molecule has 0 unspecified atom stereocenters. The molecular formula is C7H16ClNO2. The fraction of sp³-hybridized carbons (Fsp3) is 0.857. The molecule has 0 radical (unpaired) electrons. The van der Waals surface area contributed by atoms with Gasteiger partial charge in [0, 0.05) is 0 Å². The number of aliphatic carboxylic acids is 1. The molecule has 68 valence electrons. The summed E-state index contributed by atoms with van der Waals surface area (Å²) in [5, 5.41) is 8.63. The van der Waals surface area contributed by atoms with Crippen molar-refractivity contribution >= 4 is 18.4 Å². The van der Waals surface area contributed by atoms with Crippen LogP contribution in [0.15, 0.2) is 0 Å². The molecule has 0 fully saturated rings. The Morgan fingerprint density at radius 3 is 2.09 bits per heavy atom. The van der Waals surface area contributed by atoms with Crippen molar-refractivity contribution in [2.45, 2.75) is 25.8 Å². The summed E-state index contributed by atoms with van der Waals surface area (Å²) in [7, 11) is 3.57. The number of likely N-dealkylation sites (N-methyl/N-ethyl adjacent to an activating group) is 1. The van der Waals surface area contributed by atoms with Crippen molar-refractivity contribution in [3.63, 3.8) is 0 Å². The van der Waals surface area contributed by atoms with Gasteiger partial charge in [-0.25, -0.2) is 0 Å². The normalized spacial score (nSPS) is 12.4. The molecule has 0 aliphatic rings. The van der Waals surface area contributed by atoms with E-state index in [2.05, 4.69) is 0 Å². The van der Waals surface area contributed by atoms with E-state index in [1.807, 2.05) is 6.92 Å². The van der Waals surface area contributed by atoms with E-state index in [4.69, 9.17) is 5.11 Å². The van der Waals surface area contributed by atoms with Gasteiger partial charge in [-0.1, -0.05) is 13.3 Å². The van der Waals surface area contributed by atoms with Crippen LogP contribution in [0.4, 0.5) is 0 Å². The molecular weight excluding hydrogens is 166 g/mol. The molecule has 1 N–H and O–H groups in total. The topological polar surface area (TPSA) is 40.5 Å². The average Bonchev–Trinajstić information content (AvgIpc) is 1.81. The van der Waals surface area contributed by atoms with Gasteiger partial charge in [-0.2, -0.15) is 0 Å². The first-order valence-corrected chi connectivity index (χ1v) is 3.48. The van der Waals surface area contributed by atoms with Gasteiger partial charge in [0.1, 0.15) is 6.04 Å². The van der Waals surface area contributed by atoms with Crippen molar-refractivity contribution in [2.75, 3.05) is 14.1 Å². The molecule has 0 spiro atoms. The summed E-state index contributed by atoms with van der Waals surface area (Å²) in [4.78, 5) is 12.2. The lowest BCUT2D eigenvalue weighted by Gasteiger charge is -2.18. The third kappa shape index (κ3) is 5.04. The average molecular weight is 182 g/mol. The van der Waals surface area contributed by atoms with Crippen molar-refractivity contribution < 1.29 is 9.90 Å². The first-order valence-electron chi connectivity index (χ1n) is 3.48. The molecule has 0 bridgehead atoms. The monoisotopic (exact) mass is 181 g/mol. The second-order valence-electron chi connectivity index (χ2n) is 2.61. The molecule has 0 amide bonds. The third-order valence-electron chi connectivity index (χ3n) is 1.47. The lowest BCUT2D eigenvalue weighted by Crippen LogP contribution is -2.35. The molecule has 0 aromatic carbocycles. The Bertz CT molecular complexity index is 117. The zero-order valence-electron chi connectivity index (χ0n) is 7.20. The highest BCUT2D eigenvalue weighted by Crippen LogP contribution is 2.02. The summed E-state index contributed by atoms with van der Waals surface area (Å²) >= 11 is 0. The first-order chi connectivity index (χ1) is 4.59. The van der Waals surface area contributed by atoms with Gasteiger partial charge in [-0.15, -0.1) is 12.4 Å². The van der Waals surface area contributed by atoms with Crippen LogP contribution >= 0.6 is 12.4 Å². The number of nitrogens with zero attached hydrogens (tertiary/aromatic N) is 1. The van der Waals surface area contributed by atoms with E-state index in [-0.39, 0.29) is 18.4 Å². The van der Waals surface area contributed by atoms with Gasteiger partial charge in [0.05, 0.1) is 0 Å². The minimum absolute atomic E-state index is 0. The molecule has 0 heterocycles. The standard InChI is InChI=1S/C7H15NO2.ClH/c1-4-5-6(7(9)10)8(2)3;/h6H,4-5H2,1-3H3,(H,9,10);1H/t6-;/m1./s1. The van der Waals surface area contributed by atoms with Crippen LogP contribution in [-0.4, -0.2) is 36.1 Å². The Morgan fingerprint density at radius 2 is 2.00 bits per heavy atom. The molecule has 0 saturated carbocycles.